The lowest BCUT2D eigenvalue weighted by Gasteiger charge is -2.22. The second-order valence-electron chi connectivity index (χ2n) is 7.09. The van der Waals surface area contributed by atoms with Crippen LogP contribution < -0.4 is 10.6 Å². The smallest absolute Gasteiger partial charge is 0.352 e. The average Bonchev–Trinajstić information content (AvgIpc) is 3.23. The summed E-state index contributed by atoms with van der Waals surface area (Å²) in [5.41, 5.74) is 2.99. The van der Waals surface area contributed by atoms with Crippen molar-refractivity contribution in [1.82, 2.24) is 9.78 Å². The molecule has 1 unspecified atom stereocenters. The van der Waals surface area contributed by atoms with Crippen molar-refractivity contribution in [3.8, 4) is 0 Å². The number of rotatable bonds is 6. The molecule has 3 aromatic rings. The number of amides is 1. The summed E-state index contributed by atoms with van der Waals surface area (Å²) in [6.45, 7) is 2.02. The van der Waals surface area contributed by atoms with Crippen LogP contribution in [0.5, 0.6) is 0 Å². The van der Waals surface area contributed by atoms with Crippen LogP contribution in [0.1, 0.15) is 34.5 Å². The number of carboxylic acid groups (broad SMARTS) is 1. The van der Waals surface area contributed by atoms with Crippen molar-refractivity contribution in [1.29, 1.82) is 0 Å². The number of carbonyl (C=O) groups is 2. The summed E-state index contributed by atoms with van der Waals surface area (Å²) in [7, 11) is 0. The second kappa shape index (κ2) is 8.71. The summed E-state index contributed by atoms with van der Waals surface area (Å²) < 4.78 is 1.60. The van der Waals surface area contributed by atoms with E-state index in [4.69, 9.17) is 0 Å². The van der Waals surface area contributed by atoms with E-state index >= 15 is 0 Å². The number of carboxylic acids is 1. The highest BCUT2D eigenvalue weighted by Gasteiger charge is 2.27. The Bertz CT molecular complexity index is 1180. The molecule has 156 valence electrons. The van der Waals surface area contributed by atoms with E-state index in [1.54, 1.807) is 10.8 Å². The number of hydrogen-bond acceptors (Lipinski definition) is 4. The van der Waals surface area contributed by atoms with Crippen molar-refractivity contribution in [2.24, 2.45) is 0 Å². The van der Waals surface area contributed by atoms with Gasteiger partial charge in [0.05, 0.1) is 12.2 Å². The van der Waals surface area contributed by atoms with Crippen molar-refractivity contribution in [2.75, 3.05) is 10.6 Å². The van der Waals surface area contributed by atoms with Crippen molar-refractivity contribution < 1.29 is 14.7 Å². The predicted octanol–water partition coefficient (Wildman–Crippen LogP) is 4.35. The van der Waals surface area contributed by atoms with E-state index in [2.05, 4.69) is 15.7 Å². The minimum absolute atomic E-state index is 0.00119. The molecule has 7 heteroatoms. The van der Waals surface area contributed by atoms with E-state index in [1.165, 1.54) is 6.20 Å². The van der Waals surface area contributed by atoms with Crippen LogP contribution in [-0.2, 0) is 11.2 Å². The van der Waals surface area contributed by atoms with Gasteiger partial charge in [0.25, 0.3) is 5.91 Å². The van der Waals surface area contributed by atoms with Gasteiger partial charge in [-0.15, -0.1) is 0 Å². The molecule has 2 aromatic carbocycles. The van der Waals surface area contributed by atoms with Gasteiger partial charge < -0.3 is 15.7 Å². The third-order valence-electron chi connectivity index (χ3n) is 5.08. The summed E-state index contributed by atoms with van der Waals surface area (Å²) in [5, 5.41) is 19.7. The number of aliphatic carboxylic acids is 1. The first kappa shape index (κ1) is 20.2. The Labute approximate surface area is 179 Å². The maximum Gasteiger partial charge on any atom is 0.352 e. The van der Waals surface area contributed by atoms with E-state index < -0.39 is 12.0 Å². The SMILES string of the molecule is CCc1ccccc1NC(=O)c1cnn2c1NC(C(=O)O)=CC2/C=C/c1ccccc1. The molecule has 1 atom stereocenters. The topological polar surface area (TPSA) is 96.3 Å². The van der Waals surface area contributed by atoms with Gasteiger partial charge in [0, 0.05) is 5.69 Å². The fourth-order valence-electron chi connectivity index (χ4n) is 3.47. The third-order valence-corrected chi connectivity index (χ3v) is 5.08. The fraction of sp³-hybridized carbons (Fsp3) is 0.125. The zero-order chi connectivity index (χ0) is 21.8. The lowest BCUT2D eigenvalue weighted by Crippen LogP contribution is -2.24. The highest BCUT2D eigenvalue weighted by molar-refractivity contribution is 6.08. The van der Waals surface area contributed by atoms with E-state index in [-0.39, 0.29) is 17.2 Å². The zero-order valence-corrected chi connectivity index (χ0v) is 16.9. The zero-order valence-electron chi connectivity index (χ0n) is 16.9. The van der Waals surface area contributed by atoms with Gasteiger partial charge >= 0.3 is 5.97 Å². The van der Waals surface area contributed by atoms with Crippen LogP contribution in [0, 0.1) is 0 Å². The van der Waals surface area contributed by atoms with Gasteiger partial charge in [-0.2, -0.15) is 5.10 Å². The third kappa shape index (κ3) is 4.25. The normalized spacial score (nSPS) is 15.1. The Morgan fingerprint density at radius 3 is 2.65 bits per heavy atom. The Kier molecular flexibility index (Phi) is 5.66. The Balaban J connectivity index is 1.66. The first-order chi connectivity index (χ1) is 15.1. The van der Waals surface area contributed by atoms with Crippen LogP contribution in [0.25, 0.3) is 6.08 Å². The number of fused-ring (bicyclic) bond motifs is 1. The molecule has 1 amide bonds. The minimum Gasteiger partial charge on any atom is -0.477 e. The molecular formula is C24H22N4O3. The van der Waals surface area contributed by atoms with Crippen molar-refractivity contribution in [3.63, 3.8) is 0 Å². The molecule has 0 spiro atoms. The lowest BCUT2D eigenvalue weighted by atomic mass is 10.1. The molecule has 1 aromatic heterocycles. The monoisotopic (exact) mass is 414 g/mol. The van der Waals surface area contributed by atoms with Gasteiger partial charge in [0.15, 0.2) is 0 Å². The summed E-state index contributed by atoms with van der Waals surface area (Å²) >= 11 is 0. The maximum atomic E-state index is 13.0. The Hall–Kier alpha value is -4.13. The molecule has 2 heterocycles. The molecule has 0 saturated heterocycles. The molecule has 0 bridgehead atoms. The molecule has 3 N–H and O–H groups in total. The summed E-state index contributed by atoms with van der Waals surface area (Å²) in [6.07, 6.45) is 7.54. The number of aryl methyl sites for hydroxylation is 1. The van der Waals surface area contributed by atoms with Gasteiger partial charge in [0.1, 0.15) is 17.1 Å². The molecule has 31 heavy (non-hydrogen) atoms. The van der Waals surface area contributed by atoms with Crippen molar-refractivity contribution in [3.05, 3.63) is 95.3 Å². The van der Waals surface area contributed by atoms with E-state index in [9.17, 15) is 14.7 Å². The molecule has 1 aliphatic rings. The fourth-order valence-corrected chi connectivity index (χ4v) is 3.47. The van der Waals surface area contributed by atoms with Gasteiger partial charge in [-0.05, 0) is 29.7 Å². The summed E-state index contributed by atoms with van der Waals surface area (Å²) in [5.74, 6) is -1.12. The van der Waals surface area contributed by atoms with E-state index in [1.807, 2.05) is 73.7 Å². The van der Waals surface area contributed by atoms with Crippen LogP contribution in [-0.4, -0.2) is 26.8 Å². The van der Waals surface area contributed by atoms with Crippen LogP contribution in [0.2, 0.25) is 0 Å². The Morgan fingerprint density at radius 2 is 1.90 bits per heavy atom. The predicted molar refractivity (Wildman–Crippen MR) is 120 cm³/mol. The number of aromatic nitrogens is 2. The standard InChI is InChI=1S/C24H22N4O3/c1-2-17-10-6-7-11-20(17)27-23(29)19-15-25-28-18(13-12-16-8-4-3-5-9-16)14-21(24(30)31)26-22(19)28/h3-15,18,26H,2H2,1H3,(H,27,29)(H,30,31)/b13-12+. The van der Waals surface area contributed by atoms with Crippen LogP contribution in [0.3, 0.4) is 0 Å². The van der Waals surface area contributed by atoms with Gasteiger partial charge in [0.2, 0.25) is 0 Å². The van der Waals surface area contributed by atoms with Crippen LogP contribution >= 0.6 is 0 Å². The Morgan fingerprint density at radius 1 is 1.16 bits per heavy atom. The number of anilines is 2. The number of nitrogens with zero attached hydrogens (tertiary/aromatic N) is 2. The number of nitrogens with one attached hydrogen (secondary N) is 2. The van der Waals surface area contributed by atoms with Gasteiger partial charge in [-0.1, -0.05) is 67.6 Å². The molecule has 0 fully saturated rings. The molecule has 4 rings (SSSR count). The molecule has 0 aliphatic carbocycles. The lowest BCUT2D eigenvalue weighted by molar-refractivity contribution is -0.132. The molecular weight excluding hydrogens is 392 g/mol. The van der Waals surface area contributed by atoms with Crippen LogP contribution in [0.4, 0.5) is 11.5 Å². The average molecular weight is 414 g/mol. The minimum atomic E-state index is -1.10. The number of carbonyl (C=O) groups excluding carboxylic acids is 1. The first-order valence-electron chi connectivity index (χ1n) is 9.99. The molecule has 1 aliphatic heterocycles. The number of benzene rings is 2. The first-order valence-corrected chi connectivity index (χ1v) is 9.99. The second-order valence-corrected chi connectivity index (χ2v) is 7.09. The van der Waals surface area contributed by atoms with Crippen molar-refractivity contribution >= 4 is 29.5 Å². The highest BCUT2D eigenvalue weighted by Crippen LogP contribution is 2.30. The molecule has 0 radical (unpaired) electrons. The van der Waals surface area contributed by atoms with Crippen LogP contribution in [0.15, 0.2) is 78.6 Å². The highest BCUT2D eigenvalue weighted by atomic mass is 16.4. The summed E-state index contributed by atoms with van der Waals surface area (Å²) in [4.78, 5) is 24.7. The number of allylic oxidation sites excluding steroid dienone is 2. The quantitative estimate of drug-likeness (QED) is 0.557. The summed E-state index contributed by atoms with van der Waals surface area (Å²) in [6, 6.07) is 16.8. The number of hydrogen-bond donors (Lipinski definition) is 3. The van der Waals surface area contributed by atoms with Gasteiger partial charge in [-0.25, -0.2) is 9.48 Å². The largest absolute Gasteiger partial charge is 0.477 e. The van der Waals surface area contributed by atoms with E-state index in [0.717, 1.165) is 23.2 Å². The van der Waals surface area contributed by atoms with E-state index in [0.29, 0.717) is 5.82 Å². The molecule has 0 saturated carbocycles. The maximum absolute atomic E-state index is 13.0. The molecule has 7 nitrogen and oxygen atoms in total. The number of para-hydroxylation sites is 1. The van der Waals surface area contributed by atoms with Crippen molar-refractivity contribution in [2.45, 2.75) is 19.4 Å². The van der Waals surface area contributed by atoms with Gasteiger partial charge in [-0.3, -0.25) is 4.79 Å².